The van der Waals surface area contributed by atoms with E-state index in [2.05, 4.69) is 12.2 Å². The molecule has 1 amide bonds. The topological polar surface area (TPSA) is 55.1 Å². The first kappa shape index (κ1) is 12.0. The average Bonchev–Trinajstić information content (AvgIpc) is 2.23. The second-order valence-electron chi connectivity index (χ2n) is 5.03. The predicted molar refractivity (Wildman–Crippen MR) is 69.9 cm³/mol. The highest BCUT2D eigenvalue weighted by molar-refractivity contribution is 5.99. The Morgan fingerprint density at radius 3 is 2.65 bits per heavy atom. The summed E-state index contributed by atoms with van der Waals surface area (Å²) in [6, 6.07) is 5.57. The lowest BCUT2D eigenvalue weighted by atomic mass is 9.74. The Hall–Kier alpha value is -1.51. The van der Waals surface area contributed by atoms with Gasteiger partial charge in [-0.25, -0.2) is 0 Å². The van der Waals surface area contributed by atoms with Crippen molar-refractivity contribution >= 4 is 11.6 Å². The second-order valence-corrected chi connectivity index (χ2v) is 5.03. The summed E-state index contributed by atoms with van der Waals surface area (Å²) >= 11 is 0. The van der Waals surface area contributed by atoms with Crippen molar-refractivity contribution in [1.29, 1.82) is 0 Å². The highest BCUT2D eigenvalue weighted by Crippen LogP contribution is 2.35. The van der Waals surface area contributed by atoms with Crippen molar-refractivity contribution in [3.8, 4) is 0 Å². The van der Waals surface area contributed by atoms with Gasteiger partial charge in [-0.05, 0) is 50.3 Å². The summed E-state index contributed by atoms with van der Waals surface area (Å²) in [5.41, 5.74) is 8.14. The molecule has 3 nitrogen and oxygen atoms in total. The third-order valence-corrected chi connectivity index (χ3v) is 3.82. The van der Waals surface area contributed by atoms with Gasteiger partial charge in [-0.1, -0.05) is 13.0 Å². The molecule has 92 valence electrons. The molecule has 1 aliphatic carbocycles. The van der Waals surface area contributed by atoms with E-state index in [1.807, 2.05) is 25.1 Å². The van der Waals surface area contributed by atoms with Gasteiger partial charge in [0.05, 0.1) is 5.56 Å². The van der Waals surface area contributed by atoms with Crippen LogP contribution in [-0.2, 0) is 0 Å². The van der Waals surface area contributed by atoms with E-state index >= 15 is 0 Å². The Morgan fingerprint density at radius 2 is 2.18 bits per heavy atom. The second kappa shape index (κ2) is 4.40. The molecule has 0 unspecified atom stereocenters. The van der Waals surface area contributed by atoms with E-state index in [0.717, 1.165) is 24.8 Å². The van der Waals surface area contributed by atoms with Crippen molar-refractivity contribution in [3.63, 3.8) is 0 Å². The predicted octanol–water partition coefficient (Wildman–Crippen LogP) is 2.64. The molecule has 2 rings (SSSR count). The van der Waals surface area contributed by atoms with E-state index in [4.69, 9.17) is 5.73 Å². The van der Waals surface area contributed by atoms with Gasteiger partial charge < -0.3 is 11.1 Å². The van der Waals surface area contributed by atoms with Crippen molar-refractivity contribution in [2.24, 2.45) is 0 Å². The fraction of sp³-hybridized carbons (Fsp3) is 0.500. The van der Waals surface area contributed by atoms with Crippen LogP contribution in [0.5, 0.6) is 0 Å². The number of hydrogen-bond acceptors (Lipinski definition) is 2. The van der Waals surface area contributed by atoms with Gasteiger partial charge in [-0.3, -0.25) is 4.79 Å². The minimum Gasteiger partial charge on any atom is -0.398 e. The van der Waals surface area contributed by atoms with Crippen LogP contribution in [0, 0.1) is 6.92 Å². The normalized spacial score (nSPS) is 17.3. The first-order valence-electron chi connectivity index (χ1n) is 6.25. The molecule has 0 saturated heterocycles. The van der Waals surface area contributed by atoms with E-state index < -0.39 is 0 Å². The molecule has 3 heteroatoms. The smallest absolute Gasteiger partial charge is 0.253 e. The molecule has 0 spiro atoms. The van der Waals surface area contributed by atoms with Crippen LogP contribution in [0.15, 0.2) is 18.2 Å². The number of carbonyl (C=O) groups excluding carboxylic acids is 1. The van der Waals surface area contributed by atoms with Gasteiger partial charge in [0.25, 0.3) is 5.91 Å². The molecule has 1 aromatic carbocycles. The lowest BCUT2D eigenvalue weighted by Gasteiger charge is -2.42. The Kier molecular flexibility index (Phi) is 3.09. The Bertz CT molecular complexity index is 430. The summed E-state index contributed by atoms with van der Waals surface area (Å²) in [4.78, 5) is 12.2. The first-order valence-corrected chi connectivity index (χ1v) is 6.25. The van der Waals surface area contributed by atoms with Crippen LogP contribution in [0.2, 0.25) is 0 Å². The molecule has 1 fully saturated rings. The number of nitrogens with two attached hydrogens (primary N) is 1. The maximum Gasteiger partial charge on any atom is 0.253 e. The zero-order chi connectivity index (χ0) is 12.5. The quantitative estimate of drug-likeness (QED) is 0.787. The van der Waals surface area contributed by atoms with Crippen molar-refractivity contribution in [2.45, 2.75) is 45.1 Å². The Labute approximate surface area is 102 Å². The van der Waals surface area contributed by atoms with Crippen LogP contribution in [0.1, 0.15) is 48.5 Å². The highest BCUT2D eigenvalue weighted by atomic mass is 16.1. The highest BCUT2D eigenvalue weighted by Gasteiger charge is 2.36. The molecule has 0 aromatic heterocycles. The van der Waals surface area contributed by atoms with Gasteiger partial charge in [0.15, 0.2) is 0 Å². The van der Waals surface area contributed by atoms with Crippen molar-refractivity contribution in [1.82, 2.24) is 5.32 Å². The molecule has 3 N–H and O–H groups in total. The largest absolute Gasteiger partial charge is 0.398 e. The molecule has 17 heavy (non-hydrogen) atoms. The van der Waals surface area contributed by atoms with E-state index in [1.54, 1.807) is 0 Å². The molecule has 0 bridgehead atoms. The van der Waals surface area contributed by atoms with Gasteiger partial charge in [0.1, 0.15) is 0 Å². The summed E-state index contributed by atoms with van der Waals surface area (Å²) in [7, 11) is 0. The van der Waals surface area contributed by atoms with E-state index in [0.29, 0.717) is 11.3 Å². The number of carbonyl (C=O) groups is 1. The van der Waals surface area contributed by atoms with Crippen LogP contribution in [-0.4, -0.2) is 11.4 Å². The zero-order valence-corrected chi connectivity index (χ0v) is 10.5. The van der Waals surface area contributed by atoms with Gasteiger partial charge in [-0.15, -0.1) is 0 Å². The van der Waals surface area contributed by atoms with Gasteiger partial charge >= 0.3 is 0 Å². The number of rotatable bonds is 3. The fourth-order valence-corrected chi connectivity index (χ4v) is 2.37. The lowest BCUT2D eigenvalue weighted by Crippen LogP contribution is -2.53. The maximum atomic E-state index is 12.2. The van der Waals surface area contributed by atoms with E-state index in [1.165, 1.54) is 6.42 Å². The standard InChI is InChI=1S/C14H20N2O/c1-3-14(7-4-8-14)16-13(17)11-6-5-10(2)9-12(11)15/h5-6,9H,3-4,7-8,15H2,1-2H3,(H,16,17). The number of aryl methyl sites for hydroxylation is 1. The fourth-order valence-electron chi connectivity index (χ4n) is 2.37. The first-order chi connectivity index (χ1) is 8.06. The lowest BCUT2D eigenvalue weighted by molar-refractivity contribution is 0.0821. The number of amides is 1. The minimum atomic E-state index is -0.0379. The molecular formula is C14H20N2O. The zero-order valence-electron chi connectivity index (χ0n) is 10.5. The number of hydrogen-bond donors (Lipinski definition) is 2. The summed E-state index contributed by atoms with van der Waals surface area (Å²) in [5.74, 6) is -0.0379. The number of nitrogen functional groups attached to an aromatic ring is 1. The molecule has 1 aliphatic rings. The number of nitrogens with one attached hydrogen (secondary N) is 1. The molecule has 1 saturated carbocycles. The van der Waals surface area contributed by atoms with Gasteiger partial charge in [0.2, 0.25) is 0 Å². The third kappa shape index (κ3) is 2.28. The van der Waals surface area contributed by atoms with Gasteiger partial charge in [0, 0.05) is 11.2 Å². The van der Waals surface area contributed by atoms with E-state index in [-0.39, 0.29) is 11.4 Å². The summed E-state index contributed by atoms with van der Waals surface area (Å²) in [5, 5.41) is 3.14. The summed E-state index contributed by atoms with van der Waals surface area (Å²) in [6.45, 7) is 4.09. The van der Waals surface area contributed by atoms with Crippen molar-refractivity contribution in [3.05, 3.63) is 29.3 Å². The molecule has 1 aromatic rings. The van der Waals surface area contributed by atoms with Crippen LogP contribution >= 0.6 is 0 Å². The average molecular weight is 232 g/mol. The monoisotopic (exact) mass is 232 g/mol. The van der Waals surface area contributed by atoms with Crippen LogP contribution < -0.4 is 11.1 Å². The van der Waals surface area contributed by atoms with Crippen LogP contribution in [0.25, 0.3) is 0 Å². The van der Waals surface area contributed by atoms with Gasteiger partial charge in [-0.2, -0.15) is 0 Å². The summed E-state index contributed by atoms with van der Waals surface area (Å²) < 4.78 is 0. The molecule has 0 radical (unpaired) electrons. The van der Waals surface area contributed by atoms with E-state index in [9.17, 15) is 4.79 Å². The number of anilines is 1. The number of benzene rings is 1. The molecule has 0 aliphatic heterocycles. The summed E-state index contributed by atoms with van der Waals surface area (Å²) in [6.07, 6.45) is 4.37. The Balaban J connectivity index is 2.14. The van der Waals surface area contributed by atoms with Crippen LogP contribution in [0.4, 0.5) is 5.69 Å². The van der Waals surface area contributed by atoms with Crippen LogP contribution in [0.3, 0.4) is 0 Å². The third-order valence-electron chi connectivity index (χ3n) is 3.82. The Morgan fingerprint density at radius 1 is 1.47 bits per heavy atom. The molecule has 0 heterocycles. The maximum absolute atomic E-state index is 12.2. The SMILES string of the molecule is CCC1(NC(=O)c2ccc(C)cc2N)CCC1. The van der Waals surface area contributed by atoms with Crippen molar-refractivity contribution < 1.29 is 4.79 Å². The van der Waals surface area contributed by atoms with Crippen molar-refractivity contribution in [2.75, 3.05) is 5.73 Å². The minimum absolute atomic E-state index is 0.0222. The molecule has 0 atom stereocenters. The molecular weight excluding hydrogens is 212 g/mol.